The summed E-state index contributed by atoms with van der Waals surface area (Å²) >= 11 is 1.85. The molecule has 0 heterocycles. The van der Waals surface area contributed by atoms with Crippen LogP contribution in [-0.2, 0) is 6.42 Å². The van der Waals surface area contributed by atoms with Gasteiger partial charge < -0.3 is 0 Å². The highest BCUT2D eigenvalue weighted by molar-refractivity contribution is 7.99. The summed E-state index contributed by atoms with van der Waals surface area (Å²) in [4.78, 5) is 1.27. The van der Waals surface area contributed by atoms with Gasteiger partial charge >= 0.3 is 0 Å². The predicted octanol–water partition coefficient (Wildman–Crippen LogP) is 3.16. The molecule has 11 heavy (non-hydrogen) atoms. The van der Waals surface area contributed by atoms with E-state index < -0.39 is 0 Å². The molecule has 0 aliphatic carbocycles. The minimum atomic E-state index is 1.08. The third-order valence-electron chi connectivity index (χ3n) is 1.51. The molecule has 0 saturated carbocycles. The molecule has 1 heteroatoms. The minimum Gasteiger partial charge on any atom is -0.126 e. The SMILES string of the molecule is CCSc1[c]c(CC)ccc1. The molecule has 0 aliphatic heterocycles. The van der Waals surface area contributed by atoms with Crippen molar-refractivity contribution in [2.24, 2.45) is 0 Å². The van der Waals surface area contributed by atoms with Crippen molar-refractivity contribution >= 4 is 11.8 Å². The zero-order valence-corrected chi connectivity index (χ0v) is 7.87. The predicted molar refractivity (Wildman–Crippen MR) is 51.1 cm³/mol. The highest BCUT2D eigenvalue weighted by atomic mass is 32.2. The Balaban J connectivity index is 2.74. The molecule has 1 aromatic rings. The first-order chi connectivity index (χ1) is 5.36. The second-order valence-electron chi connectivity index (χ2n) is 2.33. The molecule has 1 rings (SSSR count). The van der Waals surface area contributed by atoms with E-state index in [-0.39, 0.29) is 0 Å². The molecule has 0 bridgehead atoms. The van der Waals surface area contributed by atoms with Crippen molar-refractivity contribution in [1.82, 2.24) is 0 Å². The zero-order valence-electron chi connectivity index (χ0n) is 7.05. The Bertz CT molecular complexity index is 218. The van der Waals surface area contributed by atoms with Crippen LogP contribution in [0.4, 0.5) is 0 Å². The van der Waals surface area contributed by atoms with E-state index in [0.29, 0.717) is 0 Å². The van der Waals surface area contributed by atoms with Crippen molar-refractivity contribution in [3.63, 3.8) is 0 Å². The number of aryl methyl sites for hydroxylation is 1. The molecule has 0 fully saturated rings. The van der Waals surface area contributed by atoms with E-state index in [2.05, 4.69) is 38.1 Å². The maximum absolute atomic E-state index is 3.36. The van der Waals surface area contributed by atoms with Crippen molar-refractivity contribution in [2.75, 3.05) is 5.75 Å². The van der Waals surface area contributed by atoms with E-state index in [1.807, 2.05) is 11.8 Å². The fraction of sp³-hybridized carbons (Fsp3) is 0.400. The van der Waals surface area contributed by atoms with Crippen molar-refractivity contribution in [3.05, 3.63) is 29.8 Å². The first-order valence-corrected chi connectivity index (χ1v) is 4.99. The second-order valence-corrected chi connectivity index (χ2v) is 3.63. The number of hydrogen-bond acceptors (Lipinski definition) is 1. The van der Waals surface area contributed by atoms with Crippen LogP contribution in [0.3, 0.4) is 0 Å². The van der Waals surface area contributed by atoms with E-state index >= 15 is 0 Å². The van der Waals surface area contributed by atoms with Crippen LogP contribution in [0.1, 0.15) is 19.4 Å². The molecule has 0 unspecified atom stereocenters. The van der Waals surface area contributed by atoms with Gasteiger partial charge in [-0.05, 0) is 29.9 Å². The van der Waals surface area contributed by atoms with Gasteiger partial charge in [-0.25, -0.2) is 0 Å². The Kier molecular flexibility index (Phi) is 3.50. The fourth-order valence-electron chi connectivity index (χ4n) is 0.939. The minimum absolute atomic E-state index is 1.08. The van der Waals surface area contributed by atoms with Gasteiger partial charge in [-0.3, -0.25) is 0 Å². The number of hydrogen-bond donors (Lipinski definition) is 0. The van der Waals surface area contributed by atoms with Gasteiger partial charge in [0.1, 0.15) is 0 Å². The van der Waals surface area contributed by atoms with Crippen molar-refractivity contribution < 1.29 is 0 Å². The lowest BCUT2D eigenvalue weighted by atomic mass is 10.2. The molecule has 0 spiro atoms. The molecular formula is C10H13S. The molecule has 0 nitrogen and oxygen atoms in total. The zero-order chi connectivity index (χ0) is 8.10. The van der Waals surface area contributed by atoms with Gasteiger partial charge in [0.25, 0.3) is 0 Å². The first kappa shape index (κ1) is 8.66. The molecule has 59 valence electrons. The van der Waals surface area contributed by atoms with E-state index in [0.717, 1.165) is 12.2 Å². The standard InChI is InChI=1S/C10H13S/c1-3-9-6-5-7-10(8-9)11-4-2/h5-7H,3-4H2,1-2H3. The van der Waals surface area contributed by atoms with Gasteiger partial charge in [-0.2, -0.15) is 0 Å². The number of benzene rings is 1. The first-order valence-electron chi connectivity index (χ1n) is 4.00. The Morgan fingerprint density at radius 2 is 2.18 bits per heavy atom. The second kappa shape index (κ2) is 4.45. The van der Waals surface area contributed by atoms with E-state index in [9.17, 15) is 0 Å². The summed E-state index contributed by atoms with van der Waals surface area (Å²) in [7, 11) is 0. The smallest absolute Gasteiger partial charge is 0.0154 e. The third kappa shape index (κ3) is 2.58. The Morgan fingerprint density at radius 3 is 2.82 bits per heavy atom. The van der Waals surface area contributed by atoms with Crippen LogP contribution in [0, 0.1) is 6.07 Å². The average molecular weight is 165 g/mol. The van der Waals surface area contributed by atoms with Gasteiger partial charge in [0.15, 0.2) is 0 Å². The summed E-state index contributed by atoms with van der Waals surface area (Å²) in [5.41, 5.74) is 1.31. The molecule has 0 amide bonds. The Labute approximate surface area is 73.0 Å². The van der Waals surface area contributed by atoms with E-state index in [4.69, 9.17) is 0 Å². The van der Waals surface area contributed by atoms with Crippen LogP contribution in [-0.4, -0.2) is 5.75 Å². The van der Waals surface area contributed by atoms with Crippen LogP contribution in [0.15, 0.2) is 23.1 Å². The monoisotopic (exact) mass is 165 g/mol. The van der Waals surface area contributed by atoms with Gasteiger partial charge in [0, 0.05) is 4.90 Å². The Hall–Kier alpha value is -0.430. The van der Waals surface area contributed by atoms with Gasteiger partial charge in [-0.1, -0.05) is 26.0 Å². The summed E-state index contributed by atoms with van der Waals surface area (Å²) in [6.07, 6.45) is 1.08. The summed E-state index contributed by atoms with van der Waals surface area (Å²) in [6, 6.07) is 9.71. The molecule has 0 aliphatic rings. The van der Waals surface area contributed by atoms with Gasteiger partial charge in [-0.15, -0.1) is 11.8 Å². The van der Waals surface area contributed by atoms with Gasteiger partial charge in [0.2, 0.25) is 0 Å². The molecule has 0 atom stereocenters. The van der Waals surface area contributed by atoms with Crippen LogP contribution < -0.4 is 0 Å². The third-order valence-corrected chi connectivity index (χ3v) is 2.35. The number of thioether (sulfide) groups is 1. The van der Waals surface area contributed by atoms with E-state index in [1.54, 1.807) is 0 Å². The average Bonchev–Trinajstić information content (AvgIpc) is 2.06. The van der Waals surface area contributed by atoms with Crippen molar-refractivity contribution in [3.8, 4) is 0 Å². The fourth-order valence-corrected chi connectivity index (χ4v) is 1.63. The van der Waals surface area contributed by atoms with Crippen LogP contribution in [0.2, 0.25) is 0 Å². The van der Waals surface area contributed by atoms with Crippen molar-refractivity contribution in [1.29, 1.82) is 0 Å². The highest BCUT2D eigenvalue weighted by Crippen LogP contribution is 2.17. The normalized spacial score (nSPS) is 10.0. The summed E-state index contributed by atoms with van der Waals surface area (Å²) in [5, 5.41) is 0. The molecular weight excluding hydrogens is 152 g/mol. The molecule has 0 saturated heterocycles. The summed E-state index contributed by atoms with van der Waals surface area (Å²) in [6.45, 7) is 4.32. The van der Waals surface area contributed by atoms with Crippen LogP contribution in [0.5, 0.6) is 0 Å². The van der Waals surface area contributed by atoms with E-state index in [1.165, 1.54) is 10.5 Å². The summed E-state index contributed by atoms with van der Waals surface area (Å²) < 4.78 is 0. The molecule has 0 aromatic heterocycles. The molecule has 1 radical (unpaired) electrons. The maximum atomic E-state index is 3.36. The largest absolute Gasteiger partial charge is 0.126 e. The molecule has 1 aromatic carbocycles. The quantitative estimate of drug-likeness (QED) is 0.620. The molecule has 0 N–H and O–H groups in total. The highest BCUT2D eigenvalue weighted by Gasteiger charge is 1.93. The van der Waals surface area contributed by atoms with Crippen LogP contribution >= 0.6 is 11.8 Å². The summed E-state index contributed by atoms with van der Waals surface area (Å²) in [5.74, 6) is 1.13. The lowest BCUT2D eigenvalue weighted by molar-refractivity contribution is 1.12. The Morgan fingerprint density at radius 1 is 1.36 bits per heavy atom. The topological polar surface area (TPSA) is 0 Å². The van der Waals surface area contributed by atoms with Crippen molar-refractivity contribution in [2.45, 2.75) is 25.2 Å². The van der Waals surface area contributed by atoms with Gasteiger partial charge in [0.05, 0.1) is 0 Å². The lowest BCUT2D eigenvalue weighted by Crippen LogP contribution is -1.80. The lowest BCUT2D eigenvalue weighted by Gasteiger charge is -1.99. The number of rotatable bonds is 3. The maximum Gasteiger partial charge on any atom is 0.0154 e. The van der Waals surface area contributed by atoms with Crippen LogP contribution in [0.25, 0.3) is 0 Å².